The summed E-state index contributed by atoms with van der Waals surface area (Å²) in [5.74, 6) is -0.357. The van der Waals surface area contributed by atoms with Crippen LogP contribution in [0.3, 0.4) is 0 Å². The van der Waals surface area contributed by atoms with Gasteiger partial charge in [-0.1, -0.05) is 0 Å². The van der Waals surface area contributed by atoms with Gasteiger partial charge < -0.3 is 10.5 Å². The summed E-state index contributed by atoms with van der Waals surface area (Å²) in [6.45, 7) is 1.81. The molecule has 0 aliphatic carbocycles. The number of amides is 1. The number of primary amides is 1. The average molecular weight is 160 g/mol. The zero-order chi connectivity index (χ0) is 9.02. The van der Waals surface area contributed by atoms with E-state index in [-0.39, 0.29) is 18.1 Å². The van der Waals surface area contributed by atoms with E-state index in [0.29, 0.717) is 0 Å². The Kier molecular flexibility index (Phi) is 4.07. The molecule has 0 aromatic heterocycles. The highest BCUT2D eigenvalue weighted by molar-refractivity contribution is 5.80. The van der Waals surface area contributed by atoms with Crippen molar-refractivity contribution in [3.63, 3.8) is 0 Å². The topological polar surface area (TPSA) is 55.6 Å². The van der Waals surface area contributed by atoms with Crippen LogP contribution in [0.2, 0.25) is 0 Å². The van der Waals surface area contributed by atoms with E-state index in [2.05, 4.69) is 0 Å². The van der Waals surface area contributed by atoms with Crippen LogP contribution in [0.25, 0.3) is 0 Å². The minimum atomic E-state index is -0.357. The summed E-state index contributed by atoms with van der Waals surface area (Å²) < 4.78 is 4.99. The van der Waals surface area contributed by atoms with Crippen LogP contribution in [-0.4, -0.2) is 44.2 Å². The maximum Gasteiger partial charge on any atom is 0.237 e. The Morgan fingerprint density at radius 2 is 2.00 bits per heavy atom. The molecule has 66 valence electrons. The molecule has 0 fully saturated rings. The van der Waals surface area contributed by atoms with Gasteiger partial charge in [0.1, 0.15) is 6.04 Å². The van der Waals surface area contributed by atoms with Gasteiger partial charge in [-0.2, -0.15) is 0 Å². The molecule has 1 amide bonds. The van der Waals surface area contributed by atoms with Crippen LogP contribution in [0, 0.1) is 0 Å². The molecule has 0 spiro atoms. The summed E-state index contributed by atoms with van der Waals surface area (Å²) in [6.07, 6.45) is -0.164. The summed E-state index contributed by atoms with van der Waals surface area (Å²) in [6, 6.07) is -0.347. The van der Waals surface area contributed by atoms with Crippen molar-refractivity contribution in [2.75, 3.05) is 21.2 Å². The first-order chi connectivity index (χ1) is 5.00. The van der Waals surface area contributed by atoms with Gasteiger partial charge in [-0.15, -0.1) is 0 Å². The number of nitrogens with two attached hydrogens (primary N) is 1. The van der Waals surface area contributed by atoms with E-state index < -0.39 is 0 Å². The predicted octanol–water partition coefficient (Wildman–Crippen LogP) is -0.563. The molecule has 0 aromatic rings. The number of methoxy groups -OCH3 is 1. The lowest BCUT2D eigenvalue weighted by Gasteiger charge is -2.25. The average Bonchev–Trinajstić information content (AvgIpc) is 1.85. The van der Waals surface area contributed by atoms with Crippen molar-refractivity contribution >= 4 is 5.91 Å². The van der Waals surface area contributed by atoms with E-state index in [1.54, 1.807) is 26.1 Å². The van der Waals surface area contributed by atoms with Crippen molar-refractivity contribution in [3.05, 3.63) is 0 Å². The molecule has 0 aliphatic heterocycles. The second-order valence-electron chi connectivity index (χ2n) is 2.75. The molecule has 0 saturated carbocycles. The quantitative estimate of drug-likeness (QED) is 0.599. The van der Waals surface area contributed by atoms with Crippen LogP contribution in [0.5, 0.6) is 0 Å². The van der Waals surface area contributed by atoms with Gasteiger partial charge in [0.25, 0.3) is 0 Å². The van der Waals surface area contributed by atoms with E-state index >= 15 is 0 Å². The normalized spacial score (nSPS) is 16.5. The number of hydrogen-bond donors (Lipinski definition) is 1. The van der Waals surface area contributed by atoms with Crippen molar-refractivity contribution in [1.29, 1.82) is 0 Å². The molecule has 2 N–H and O–H groups in total. The minimum Gasteiger partial charge on any atom is -0.380 e. The Morgan fingerprint density at radius 3 is 2.09 bits per heavy atom. The lowest BCUT2D eigenvalue weighted by Crippen LogP contribution is -2.48. The standard InChI is InChI=1S/C7H16N2O2/c1-5(11-4)6(7(8)10)9(2)3/h5-6H,1-4H3,(H2,8,10)/t5-,6+/m1/s1. The van der Waals surface area contributed by atoms with E-state index in [1.165, 1.54) is 0 Å². The molecular weight excluding hydrogens is 144 g/mol. The third kappa shape index (κ3) is 2.86. The van der Waals surface area contributed by atoms with Crippen molar-refractivity contribution < 1.29 is 9.53 Å². The van der Waals surface area contributed by atoms with Gasteiger partial charge in [-0.25, -0.2) is 0 Å². The summed E-state index contributed by atoms with van der Waals surface area (Å²) in [5, 5.41) is 0. The van der Waals surface area contributed by atoms with Crippen LogP contribution in [-0.2, 0) is 9.53 Å². The fourth-order valence-electron chi connectivity index (χ4n) is 1.03. The number of likely N-dealkylation sites (N-methyl/N-ethyl adjacent to an activating group) is 1. The van der Waals surface area contributed by atoms with Crippen LogP contribution in [0.1, 0.15) is 6.92 Å². The SMILES string of the molecule is CO[C@H](C)[C@@H](C(N)=O)N(C)C. The van der Waals surface area contributed by atoms with Gasteiger partial charge in [-0.3, -0.25) is 9.69 Å². The van der Waals surface area contributed by atoms with Crippen LogP contribution >= 0.6 is 0 Å². The second kappa shape index (κ2) is 4.31. The largest absolute Gasteiger partial charge is 0.380 e. The number of nitrogens with zero attached hydrogens (tertiary/aromatic N) is 1. The molecule has 0 heterocycles. The molecular formula is C7H16N2O2. The molecule has 0 aliphatic rings. The minimum absolute atomic E-state index is 0.164. The van der Waals surface area contributed by atoms with Gasteiger partial charge in [-0.05, 0) is 21.0 Å². The van der Waals surface area contributed by atoms with E-state index in [0.717, 1.165) is 0 Å². The Labute approximate surface area is 67.3 Å². The highest BCUT2D eigenvalue weighted by atomic mass is 16.5. The Hall–Kier alpha value is -0.610. The summed E-state index contributed by atoms with van der Waals surface area (Å²) in [5.41, 5.74) is 5.15. The van der Waals surface area contributed by atoms with Crippen LogP contribution in [0.4, 0.5) is 0 Å². The van der Waals surface area contributed by atoms with E-state index in [4.69, 9.17) is 10.5 Å². The van der Waals surface area contributed by atoms with E-state index in [1.807, 2.05) is 6.92 Å². The highest BCUT2D eigenvalue weighted by Crippen LogP contribution is 2.02. The lowest BCUT2D eigenvalue weighted by molar-refractivity contribution is -0.126. The molecule has 0 rings (SSSR count). The molecule has 4 nitrogen and oxygen atoms in total. The number of carbonyl (C=O) groups excluding carboxylic acids is 1. The first-order valence-corrected chi connectivity index (χ1v) is 3.49. The monoisotopic (exact) mass is 160 g/mol. The van der Waals surface area contributed by atoms with Crippen LogP contribution in [0.15, 0.2) is 0 Å². The first-order valence-electron chi connectivity index (χ1n) is 3.49. The highest BCUT2D eigenvalue weighted by Gasteiger charge is 2.24. The summed E-state index contributed by atoms with van der Waals surface area (Å²) in [4.78, 5) is 12.6. The molecule has 0 saturated heterocycles. The number of carbonyl (C=O) groups is 1. The Bertz CT molecular complexity index is 136. The smallest absolute Gasteiger partial charge is 0.237 e. The number of hydrogen-bond acceptors (Lipinski definition) is 3. The van der Waals surface area contributed by atoms with Gasteiger partial charge in [0, 0.05) is 7.11 Å². The number of ether oxygens (including phenoxy) is 1. The lowest BCUT2D eigenvalue weighted by atomic mass is 10.1. The molecule has 0 radical (unpaired) electrons. The third-order valence-electron chi connectivity index (χ3n) is 1.66. The van der Waals surface area contributed by atoms with Crippen molar-refractivity contribution in [2.24, 2.45) is 5.73 Å². The van der Waals surface area contributed by atoms with Gasteiger partial charge >= 0.3 is 0 Å². The first kappa shape index (κ1) is 10.4. The maximum absolute atomic E-state index is 10.8. The summed E-state index contributed by atoms with van der Waals surface area (Å²) in [7, 11) is 5.15. The van der Waals surface area contributed by atoms with Crippen LogP contribution < -0.4 is 5.73 Å². The molecule has 0 unspecified atom stereocenters. The maximum atomic E-state index is 10.8. The van der Waals surface area contributed by atoms with Crippen molar-refractivity contribution in [2.45, 2.75) is 19.1 Å². The third-order valence-corrected chi connectivity index (χ3v) is 1.66. The Balaban J connectivity index is 4.21. The summed E-state index contributed by atoms with van der Waals surface area (Å²) >= 11 is 0. The molecule has 0 aromatic carbocycles. The van der Waals surface area contributed by atoms with E-state index in [9.17, 15) is 4.79 Å². The van der Waals surface area contributed by atoms with Crippen molar-refractivity contribution in [1.82, 2.24) is 4.90 Å². The zero-order valence-corrected chi connectivity index (χ0v) is 7.50. The van der Waals surface area contributed by atoms with Gasteiger partial charge in [0.05, 0.1) is 6.10 Å². The molecule has 0 bridgehead atoms. The van der Waals surface area contributed by atoms with Crippen molar-refractivity contribution in [3.8, 4) is 0 Å². The predicted molar refractivity (Wildman–Crippen MR) is 43.1 cm³/mol. The molecule has 2 atom stereocenters. The number of rotatable bonds is 4. The molecule has 4 heteroatoms. The van der Waals surface area contributed by atoms with Gasteiger partial charge in [0.2, 0.25) is 5.91 Å². The molecule has 11 heavy (non-hydrogen) atoms. The Morgan fingerprint density at radius 1 is 1.55 bits per heavy atom. The van der Waals surface area contributed by atoms with Gasteiger partial charge in [0.15, 0.2) is 0 Å². The fraction of sp³-hybridized carbons (Fsp3) is 0.857. The second-order valence-corrected chi connectivity index (χ2v) is 2.75. The zero-order valence-electron chi connectivity index (χ0n) is 7.50. The fourth-order valence-corrected chi connectivity index (χ4v) is 1.03.